The molecule has 0 aromatic rings. The van der Waals surface area contributed by atoms with Gasteiger partial charge in [-0.2, -0.15) is 0 Å². The molecule has 0 amide bonds. The van der Waals surface area contributed by atoms with Crippen molar-refractivity contribution in [1.82, 2.24) is 0 Å². The Kier molecular flexibility index (Phi) is 8.64. The van der Waals surface area contributed by atoms with Crippen molar-refractivity contribution < 1.29 is 19.7 Å². The van der Waals surface area contributed by atoms with Crippen LogP contribution in [0.2, 0.25) is 0 Å². The molecule has 0 heterocycles. The summed E-state index contributed by atoms with van der Waals surface area (Å²) < 4.78 is 6.77. The highest BCUT2D eigenvalue weighted by molar-refractivity contribution is 5.75. The van der Waals surface area contributed by atoms with E-state index in [2.05, 4.69) is 40.3 Å². The number of aliphatic carboxylic acids is 1. The molecule has 4 nitrogen and oxygen atoms in total. The first kappa shape index (κ1) is 30.8. The number of carboxylic acids is 1. The zero-order chi connectivity index (χ0) is 28.9. The number of allylic oxidation sites excluding steroid dienone is 2. The molecule has 0 aliphatic heterocycles. The van der Waals surface area contributed by atoms with Gasteiger partial charge in [-0.3, -0.25) is 4.79 Å². The molecule has 4 fully saturated rings. The predicted octanol–water partition coefficient (Wildman–Crippen LogP) is 8.73. The summed E-state index contributed by atoms with van der Waals surface area (Å²) in [7, 11) is 0. The average Bonchev–Trinajstić information content (AvgIpc) is 2.82. The molecule has 39 heavy (non-hydrogen) atoms. The van der Waals surface area contributed by atoms with Gasteiger partial charge >= 0.3 is 5.97 Å². The van der Waals surface area contributed by atoms with Crippen LogP contribution in [0.15, 0.2) is 23.8 Å². The van der Waals surface area contributed by atoms with Crippen LogP contribution in [0.4, 0.5) is 0 Å². The maximum atomic E-state index is 12.3. The van der Waals surface area contributed by atoms with Gasteiger partial charge in [-0.1, -0.05) is 50.5 Å². The van der Waals surface area contributed by atoms with E-state index < -0.39 is 17.0 Å². The summed E-state index contributed by atoms with van der Waals surface area (Å²) in [5.74, 6) is 0.817. The lowest BCUT2D eigenvalue weighted by Crippen LogP contribution is -2.54. The van der Waals surface area contributed by atoms with Gasteiger partial charge in [0.05, 0.1) is 23.2 Å². The van der Waals surface area contributed by atoms with Crippen molar-refractivity contribution in [3.63, 3.8) is 0 Å². The lowest BCUT2D eigenvalue weighted by molar-refractivity contribution is -0.166. The van der Waals surface area contributed by atoms with E-state index >= 15 is 0 Å². The summed E-state index contributed by atoms with van der Waals surface area (Å²) in [5, 5.41) is 20.9. The number of hydrogen-bond donors (Lipinski definition) is 2. The van der Waals surface area contributed by atoms with Crippen molar-refractivity contribution in [2.75, 3.05) is 6.61 Å². The topological polar surface area (TPSA) is 66.8 Å². The summed E-state index contributed by atoms with van der Waals surface area (Å²) >= 11 is 0. The molecule has 0 radical (unpaired) electrons. The number of hydrogen-bond acceptors (Lipinski definition) is 3. The zero-order valence-corrected chi connectivity index (χ0v) is 26.2. The second-order valence-electron chi connectivity index (χ2n) is 15.8. The van der Waals surface area contributed by atoms with Crippen molar-refractivity contribution in [2.24, 2.45) is 39.9 Å². The van der Waals surface area contributed by atoms with Crippen LogP contribution >= 0.6 is 0 Å². The summed E-state index contributed by atoms with van der Waals surface area (Å²) in [5.41, 5.74) is 1.65. The standard InChI is InChI=1S/C35H58O4/c1-24(11-13-27-25(2)12-14-28-33(27,6)18-10-19-34(28,7)30(36)37)16-22-39-35(8)20-9-17-32(5)21-15-26(23-29(32)35)31(3,4)38/h16,26-29,38H,2,9-15,17-23H2,1,3-8H3,(H,36,37)/b24-16+/t26-,27+,28-,29-,32-,33-,34+,35-/m1/s1. The monoisotopic (exact) mass is 542 g/mol. The SMILES string of the molecule is C=C1CC[C@@H]2[C@](C)(CCC[C@]2(C)C(=O)O)[C@H]1CC/C(C)=C/CO[C@]1(C)CCC[C@]2(C)CC[C@@H](C(C)(C)O)C[C@H]21. The third kappa shape index (κ3) is 5.81. The Morgan fingerprint density at radius 1 is 1.05 bits per heavy atom. The van der Waals surface area contributed by atoms with E-state index in [0.717, 1.165) is 64.2 Å². The number of aliphatic hydroxyl groups is 1. The Balaban J connectivity index is 1.39. The van der Waals surface area contributed by atoms with Gasteiger partial charge < -0.3 is 14.9 Å². The molecule has 2 N–H and O–H groups in total. The van der Waals surface area contributed by atoms with Crippen LogP contribution in [-0.4, -0.2) is 34.0 Å². The molecule has 8 atom stereocenters. The molecule has 4 saturated carbocycles. The molecule has 4 aliphatic rings. The Morgan fingerprint density at radius 3 is 2.41 bits per heavy atom. The lowest BCUT2D eigenvalue weighted by atomic mass is 9.46. The van der Waals surface area contributed by atoms with Crippen LogP contribution in [0.1, 0.15) is 132 Å². The highest BCUT2D eigenvalue weighted by Gasteiger charge is 2.57. The van der Waals surface area contributed by atoms with Crippen LogP contribution in [0.25, 0.3) is 0 Å². The molecule has 222 valence electrons. The first-order chi connectivity index (χ1) is 18.1. The van der Waals surface area contributed by atoms with Crippen LogP contribution in [0.5, 0.6) is 0 Å². The van der Waals surface area contributed by atoms with Crippen LogP contribution < -0.4 is 0 Å². The summed E-state index contributed by atoms with van der Waals surface area (Å²) in [6, 6.07) is 0. The minimum atomic E-state index is -0.630. The first-order valence-electron chi connectivity index (χ1n) is 16.0. The van der Waals surface area contributed by atoms with Crippen molar-refractivity contribution in [3.05, 3.63) is 23.8 Å². The quantitative estimate of drug-likeness (QED) is 0.301. The van der Waals surface area contributed by atoms with Crippen molar-refractivity contribution in [3.8, 4) is 0 Å². The Morgan fingerprint density at radius 2 is 1.74 bits per heavy atom. The van der Waals surface area contributed by atoms with Gasteiger partial charge in [-0.25, -0.2) is 0 Å². The highest BCUT2D eigenvalue weighted by Crippen LogP contribution is 2.62. The maximum Gasteiger partial charge on any atom is 0.309 e. The lowest BCUT2D eigenvalue weighted by Gasteiger charge is -2.57. The van der Waals surface area contributed by atoms with Gasteiger partial charge in [-0.05, 0) is 140 Å². The van der Waals surface area contributed by atoms with Crippen LogP contribution in [0.3, 0.4) is 0 Å². The molecule has 0 aromatic carbocycles. The molecule has 0 spiro atoms. The Hall–Kier alpha value is -1.13. The normalized spacial score (nSPS) is 43.5. The fourth-order valence-electron chi connectivity index (χ4n) is 10.1. The fourth-order valence-corrected chi connectivity index (χ4v) is 10.1. The van der Waals surface area contributed by atoms with Crippen molar-refractivity contribution in [1.29, 1.82) is 0 Å². The van der Waals surface area contributed by atoms with E-state index in [0.29, 0.717) is 29.8 Å². The van der Waals surface area contributed by atoms with Crippen LogP contribution in [-0.2, 0) is 9.53 Å². The fraction of sp³-hybridized carbons (Fsp3) is 0.857. The number of carboxylic acid groups (broad SMARTS) is 1. The first-order valence-corrected chi connectivity index (χ1v) is 16.0. The molecular formula is C35H58O4. The minimum absolute atomic E-state index is 0.0234. The van der Waals surface area contributed by atoms with Gasteiger partial charge in [0, 0.05) is 0 Å². The number of fused-ring (bicyclic) bond motifs is 2. The second-order valence-corrected chi connectivity index (χ2v) is 15.8. The molecular weight excluding hydrogens is 484 g/mol. The van der Waals surface area contributed by atoms with E-state index in [1.54, 1.807) is 0 Å². The molecule has 4 heteroatoms. The molecule has 0 bridgehead atoms. The summed E-state index contributed by atoms with van der Waals surface area (Å²) in [6.07, 6.45) is 16.1. The smallest absolute Gasteiger partial charge is 0.309 e. The Bertz CT molecular complexity index is 960. The van der Waals surface area contributed by atoms with E-state index in [4.69, 9.17) is 4.74 Å². The maximum absolute atomic E-state index is 12.3. The third-order valence-corrected chi connectivity index (χ3v) is 12.8. The predicted molar refractivity (Wildman–Crippen MR) is 159 cm³/mol. The van der Waals surface area contributed by atoms with E-state index in [1.807, 2.05) is 20.8 Å². The molecule has 0 aromatic heterocycles. The van der Waals surface area contributed by atoms with Crippen molar-refractivity contribution >= 4 is 5.97 Å². The highest BCUT2D eigenvalue weighted by atomic mass is 16.5. The summed E-state index contributed by atoms with van der Waals surface area (Å²) in [6.45, 7) is 20.5. The molecule has 4 rings (SSSR count). The molecule has 0 unspecified atom stereocenters. The minimum Gasteiger partial charge on any atom is -0.481 e. The Labute approximate surface area is 239 Å². The number of ether oxygens (including phenoxy) is 1. The van der Waals surface area contributed by atoms with E-state index in [1.165, 1.54) is 30.4 Å². The zero-order valence-electron chi connectivity index (χ0n) is 26.2. The van der Waals surface area contributed by atoms with Gasteiger partial charge in [0.1, 0.15) is 0 Å². The molecule has 0 saturated heterocycles. The van der Waals surface area contributed by atoms with Gasteiger partial charge in [0.25, 0.3) is 0 Å². The van der Waals surface area contributed by atoms with Gasteiger partial charge in [0.2, 0.25) is 0 Å². The number of rotatable bonds is 8. The number of carbonyl (C=O) groups is 1. The largest absolute Gasteiger partial charge is 0.481 e. The second kappa shape index (κ2) is 10.9. The van der Waals surface area contributed by atoms with Gasteiger partial charge in [0.15, 0.2) is 0 Å². The third-order valence-electron chi connectivity index (χ3n) is 12.8. The van der Waals surface area contributed by atoms with E-state index in [-0.39, 0.29) is 16.9 Å². The molecule has 4 aliphatic carbocycles. The van der Waals surface area contributed by atoms with Crippen LogP contribution in [0, 0.1) is 39.9 Å². The van der Waals surface area contributed by atoms with E-state index in [9.17, 15) is 15.0 Å². The van der Waals surface area contributed by atoms with Gasteiger partial charge in [-0.15, -0.1) is 0 Å². The van der Waals surface area contributed by atoms with Crippen molar-refractivity contribution in [2.45, 2.75) is 143 Å². The summed E-state index contributed by atoms with van der Waals surface area (Å²) in [4.78, 5) is 12.3. The average molecular weight is 543 g/mol.